The van der Waals surface area contributed by atoms with Gasteiger partial charge in [0.25, 0.3) is 0 Å². The number of phenolic OH excluding ortho intramolecular Hbond substituents is 1. The quantitative estimate of drug-likeness (QED) is 0.660. The average molecular weight is 240 g/mol. The summed E-state index contributed by atoms with van der Waals surface area (Å²) < 4.78 is 1.13. The Morgan fingerprint density at radius 3 is 2.65 bits per heavy atom. The van der Waals surface area contributed by atoms with Gasteiger partial charge in [0.1, 0.15) is 5.75 Å². The number of hydrogen-bond acceptors (Lipinski definition) is 2. The summed E-state index contributed by atoms with van der Waals surface area (Å²) in [6.07, 6.45) is 0. The van der Waals surface area contributed by atoms with Gasteiger partial charge in [0, 0.05) is 9.58 Å². The molecule has 0 unspecified atom stereocenters. The lowest BCUT2D eigenvalue weighted by Crippen LogP contribution is -1.77. The summed E-state index contributed by atoms with van der Waals surface area (Å²) in [4.78, 5) is 1.25. The molecular weight excluding hydrogens is 228 g/mol. The Hall–Kier alpha value is -1.80. The summed E-state index contributed by atoms with van der Waals surface area (Å²) in [6, 6.07) is 16.1. The van der Waals surface area contributed by atoms with Gasteiger partial charge in [-0.25, -0.2) is 0 Å². The fourth-order valence-electron chi connectivity index (χ4n) is 2.00. The number of benzene rings is 2. The van der Waals surface area contributed by atoms with E-state index in [1.54, 1.807) is 17.4 Å². The third-order valence-electron chi connectivity index (χ3n) is 2.91. The Morgan fingerprint density at radius 2 is 1.82 bits per heavy atom. The SMILES string of the molecule is Cc1ccccc1-c1cc2ccc(O)cc2s1. The molecule has 0 aliphatic carbocycles. The molecule has 2 heteroatoms. The molecule has 0 bridgehead atoms. The summed E-state index contributed by atoms with van der Waals surface area (Å²) in [5.41, 5.74) is 2.55. The molecule has 0 atom stereocenters. The van der Waals surface area contributed by atoms with Crippen LogP contribution in [0.5, 0.6) is 5.75 Å². The predicted octanol–water partition coefficient (Wildman–Crippen LogP) is 4.58. The highest BCUT2D eigenvalue weighted by molar-refractivity contribution is 7.22. The average Bonchev–Trinajstić information content (AvgIpc) is 2.72. The summed E-state index contributed by atoms with van der Waals surface area (Å²) in [5.74, 6) is 0.329. The van der Waals surface area contributed by atoms with Gasteiger partial charge in [-0.2, -0.15) is 0 Å². The van der Waals surface area contributed by atoms with Gasteiger partial charge in [-0.1, -0.05) is 24.3 Å². The van der Waals surface area contributed by atoms with Gasteiger partial charge >= 0.3 is 0 Å². The first-order valence-corrected chi connectivity index (χ1v) is 6.34. The fourth-order valence-corrected chi connectivity index (χ4v) is 3.19. The minimum absolute atomic E-state index is 0.329. The van der Waals surface area contributed by atoms with Crippen LogP contribution >= 0.6 is 11.3 Å². The van der Waals surface area contributed by atoms with Crippen LogP contribution in [0.15, 0.2) is 48.5 Å². The van der Waals surface area contributed by atoms with Crippen LogP contribution in [-0.4, -0.2) is 5.11 Å². The fraction of sp³-hybridized carbons (Fsp3) is 0.0667. The highest BCUT2D eigenvalue weighted by Crippen LogP contribution is 2.36. The van der Waals surface area contributed by atoms with Gasteiger partial charge in [-0.05, 0) is 47.7 Å². The molecule has 0 saturated heterocycles. The van der Waals surface area contributed by atoms with Crippen LogP contribution in [0.4, 0.5) is 0 Å². The van der Waals surface area contributed by atoms with Crippen LogP contribution in [0.3, 0.4) is 0 Å². The molecule has 0 aliphatic rings. The predicted molar refractivity (Wildman–Crippen MR) is 73.7 cm³/mol. The Balaban J connectivity index is 2.22. The number of fused-ring (bicyclic) bond motifs is 1. The van der Waals surface area contributed by atoms with Crippen LogP contribution in [0.1, 0.15) is 5.56 Å². The normalized spacial score (nSPS) is 10.9. The van der Waals surface area contributed by atoms with E-state index in [9.17, 15) is 5.11 Å². The van der Waals surface area contributed by atoms with Gasteiger partial charge in [0.2, 0.25) is 0 Å². The van der Waals surface area contributed by atoms with Gasteiger partial charge in [0.05, 0.1) is 0 Å². The Bertz CT molecular complexity index is 682. The van der Waals surface area contributed by atoms with Crippen LogP contribution in [0.2, 0.25) is 0 Å². The van der Waals surface area contributed by atoms with Crippen molar-refractivity contribution in [3.05, 3.63) is 54.1 Å². The van der Waals surface area contributed by atoms with Crippen LogP contribution < -0.4 is 0 Å². The van der Waals surface area contributed by atoms with E-state index >= 15 is 0 Å². The zero-order chi connectivity index (χ0) is 11.8. The van der Waals surface area contributed by atoms with Gasteiger partial charge in [-0.15, -0.1) is 11.3 Å². The van der Waals surface area contributed by atoms with Crippen LogP contribution in [0, 0.1) is 6.92 Å². The molecule has 1 heterocycles. The van der Waals surface area contributed by atoms with Crippen molar-refractivity contribution < 1.29 is 5.11 Å². The van der Waals surface area contributed by atoms with E-state index in [1.165, 1.54) is 21.4 Å². The molecule has 0 saturated carbocycles. The summed E-state index contributed by atoms with van der Waals surface area (Å²) in [7, 11) is 0. The molecule has 1 N–H and O–H groups in total. The summed E-state index contributed by atoms with van der Waals surface area (Å²) >= 11 is 1.72. The van der Waals surface area contributed by atoms with E-state index in [0.717, 1.165) is 4.70 Å². The second-order valence-electron chi connectivity index (χ2n) is 4.15. The molecule has 1 nitrogen and oxygen atoms in total. The number of thiophene rings is 1. The number of rotatable bonds is 1. The maximum Gasteiger partial charge on any atom is 0.117 e. The topological polar surface area (TPSA) is 20.2 Å². The second-order valence-corrected chi connectivity index (χ2v) is 5.23. The van der Waals surface area contributed by atoms with Crippen molar-refractivity contribution >= 4 is 21.4 Å². The van der Waals surface area contributed by atoms with Crippen molar-refractivity contribution in [2.75, 3.05) is 0 Å². The summed E-state index contributed by atoms with van der Waals surface area (Å²) in [5, 5.41) is 10.7. The number of aryl methyl sites for hydroxylation is 1. The Labute approximate surface area is 104 Å². The van der Waals surface area contributed by atoms with Crippen molar-refractivity contribution in [2.45, 2.75) is 6.92 Å². The minimum atomic E-state index is 0.329. The molecule has 17 heavy (non-hydrogen) atoms. The molecule has 2 aromatic carbocycles. The Morgan fingerprint density at radius 1 is 1.00 bits per heavy atom. The number of aromatic hydroxyl groups is 1. The van der Waals surface area contributed by atoms with Crippen molar-refractivity contribution in [1.29, 1.82) is 0 Å². The molecule has 0 aliphatic heterocycles. The van der Waals surface area contributed by atoms with E-state index in [0.29, 0.717) is 5.75 Å². The first-order valence-electron chi connectivity index (χ1n) is 5.52. The molecule has 0 spiro atoms. The second kappa shape index (κ2) is 3.90. The van der Waals surface area contributed by atoms with E-state index in [2.05, 4.69) is 37.3 Å². The number of hydrogen-bond donors (Lipinski definition) is 1. The number of phenols is 1. The van der Waals surface area contributed by atoms with E-state index in [1.807, 2.05) is 12.1 Å². The molecule has 84 valence electrons. The lowest BCUT2D eigenvalue weighted by molar-refractivity contribution is 0.476. The maximum atomic E-state index is 9.47. The van der Waals surface area contributed by atoms with E-state index in [4.69, 9.17) is 0 Å². The Kier molecular flexibility index (Phi) is 2.37. The molecule has 0 fully saturated rings. The zero-order valence-corrected chi connectivity index (χ0v) is 10.3. The molecule has 0 radical (unpaired) electrons. The van der Waals surface area contributed by atoms with Crippen molar-refractivity contribution in [3.63, 3.8) is 0 Å². The lowest BCUT2D eigenvalue weighted by atomic mass is 10.1. The molecule has 0 amide bonds. The van der Waals surface area contributed by atoms with E-state index < -0.39 is 0 Å². The first kappa shape index (κ1) is 10.4. The van der Waals surface area contributed by atoms with Crippen molar-refractivity contribution in [3.8, 4) is 16.2 Å². The molecular formula is C15H12OS. The van der Waals surface area contributed by atoms with E-state index in [-0.39, 0.29) is 0 Å². The van der Waals surface area contributed by atoms with Gasteiger partial charge in [0.15, 0.2) is 0 Å². The van der Waals surface area contributed by atoms with Gasteiger partial charge in [-0.3, -0.25) is 0 Å². The zero-order valence-electron chi connectivity index (χ0n) is 9.47. The highest BCUT2D eigenvalue weighted by atomic mass is 32.1. The minimum Gasteiger partial charge on any atom is -0.508 e. The standard InChI is InChI=1S/C15H12OS/c1-10-4-2-3-5-13(10)15-8-11-6-7-12(16)9-14(11)17-15/h2-9,16H,1H3. The summed E-state index contributed by atoms with van der Waals surface area (Å²) in [6.45, 7) is 2.12. The monoisotopic (exact) mass is 240 g/mol. The largest absolute Gasteiger partial charge is 0.508 e. The van der Waals surface area contributed by atoms with Crippen molar-refractivity contribution in [1.82, 2.24) is 0 Å². The van der Waals surface area contributed by atoms with Crippen molar-refractivity contribution in [2.24, 2.45) is 0 Å². The maximum absolute atomic E-state index is 9.47. The first-order chi connectivity index (χ1) is 8.24. The van der Waals surface area contributed by atoms with Crippen LogP contribution in [0.25, 0.3) is 20.5 Å². The third-order valence-corrected chi connectivity index (χ3v) is 4.05. The van der Waals surface area contributed by atoms with Crippen LogP contribution in [-0.2, 0) is 0 Å². The molecule has 1 aromatic heterocycles. The third kappa shape index (κ3) is 1.81. The highest BCUT2D eigenvalue weighted by Gasteiger charge is 2.06. The lowest BCUT2D eigenvalue weighted by Gasteiger charge is -2.00. The smallest absolute Gasteiger partial charge is 0.117 e. The molecule has 3 aromatic rings. The van der Waals surface area contributed by atoms with Gasteiger partial charge < -0.3 is 5.11 Å². The molecule has 3 rings (SSSR count).